The molecule has 0 fully saturated rings. The Morgan fingerprint density at radius 1 is 0.264 bits per heavy atom. The summed E-state index contributed by atoms with van der Waals surface area (Å²) in [5.74, 6) is -0.869. The quantitative estimate of drug-likeness (QED) is 0.0261. The highest BCUT2D eigenvalue weighted by molar-refractivity contribution is 5.71. The van der Waals surface area contributed by atoms with E-state index in [9.17, 15) is 14.4 Å². The Labute approximate surface area is 449 Å². The van der Waals surface area contributed by atoms with Gasteiger partial charge in [0.15, 0.2) is 6.10 Å². The molecule has 0 spiro atoms. The summed E-state index contributed by atoms with van der Waals surface area (Å²) in [5, 5.41) is 0. The molecule has 0 radical (unpaired) electrons. The molecule has 0 bridgehead atoms. The second kappa shape index (κ2) is 61.4. The SMILES string of the molecule is CCCCCC/C=C\CCCCCCCC(=O)OCC(COC(=O)CCCCCCCCCCCCCCCCCCCCCCCCCCCCCC)OC(=O)CCCCCCC/C=C\CCCCCC. The maximum absolute atomic E-state index is 12.8. The van der Waals surface area contributed by atoms with Gasteiger partial charge in [-0.25, -0.2) is 0 Å². The average Bonchev–Trinajstić information content (AvgIpc) is 3.38. The minimum atomic E-state index is -0.775. The predicted molar refractivity (Wildman–Crippen MR) is 312 cm³/mol. The lowest BCUT2D eigenvalue weighted by atomic mass is 10.0. The lowest BCUT2D eigenvalue weighted by Gasteiger charge is -2.18. The van der Waals surface area contributed by atoms with Crippen LogP contribution in [-0.2, 0) is 28.6 Å². The average molecular weight is 1010 g/mol. The molecule has 0 aliphatic rings. The first-order valence-electron chi connectivity index (χ1n) is 32.3. The van der Waals surface area contributed by atoms with Crippen LogP contribution in [0.25, 0.3) is 0 Å². The monoisotopic (exact) mass is 1010 g/mol. The number of hydrogen-bond donors (Lipinski definition) is 0. The number of ether oxygens (including phenoxy) is 3. The summed E-state index contributed by atoms with van der Waals surface area (Å²) < 4.78 is 16.9. The molecule has 72 heavy (non-hydrogen) atoms. The molecule has 0 aromatic rings. The summed E-state index contributed by atoms with van der Waals surface area (Å²) >= 11 is 0. The van der Waals surface area contributed by atoms with Crippen molar-refractivity contribution in [3.05, 3.63) is 24.3 Å². The van der Waals surface area contributed by atoms with Crippen LogP contribution in [0.4, 0.5) is 0 Å². The van der Waals surface area contributed by atoms with Crippen molar-refractivity contribution in [1.29, 1.82) is 0 Å². The van der Waals surface area contributed by atoms with E-state index in [1.54, 1.807) is 0 Å². The number of carbonyl (C=O) groups is 3. The van der Waals surface area contributed by atoms with Crippen molar-refractivity contribution < 1.29 is 28.6 Å². The normalized spacial score (nSPS) is 12.1. The standard InChI is InChI=1S/C66H124O6/c1-4-7-10-13-16-19-22-25-26-27-28-29-30-31-32-33-34-35-36-37-38-39-42-44-47-50-53-56-59-65(68)71-62-63(72-66(69)60-57-54-51-48-45-41-24-21-18-15-12-9-6-3)61-70-64(67)58-55-52-49-46-43-40-23-20-17-14-11-8-5-2/h20-21,23-24,63H,4-19,22,25-62H2,1-3H3/b23-20-,24-21-. The smallest absolute Gasteiger partial charge is 0.306 e. The fourth-order valence-electron chi connectivity index (χ4n) is 9.79. The van der Waals surface area contributed by atoms with Crippen molar-refractivity contribution in [1.82, 2.24) is 0 Å². The highest BCUT2D eigenvalue weighted by Gasteiger charge is 2.19. The third-order valence-electron chi connectivity index (χ3n) is 14.7. The number of allylic oxidation sites excluding steroid dienone is 4. The first-order chi connectivity index (χ1) is 35.5. The largest absolute Gasteiger partial charge is 0.462 e. The Hall–Kier alpha value is -2.11. The molecule has 0 aliphatic heterocycles. The molecule has 0 aliphatic carbocycles. The van der Waals surface area contributed by atoms with Gasteiger partial charge >= 0.3 is 17.9 Å². The molecule has 0 aromatic heterocycles. The molecule has 0 saturated carbocycles. The summed E-state index contributed by atoms with van der Waals surface area (Å²) in [6.45, 7) is 6.65. The third-order valence-corrected chi connectivity index (χ3v) is 14.7. The molecular formula is C66H124O6. The summed E-state index contributed by atoms with van der Waals surface area (Å²) in [6, 6.07) is 0. The van der Waals surface area contributed by atoms with Crippen molar-refractivity contribution in [3.8, 4) is 0 Å². The van der Waals surface area contributed by atoms with Crippen LogP contribution in [0.1, 0.15) is 361 Å². The highest BCUT2D eigenvalue weighted by Crippen LogP contribution is 2.18. The van der Waals surface area contributed by atoms with Gasteiger partial charge in [-0.15, -0.1) is 0 Å². The first-order valence-corrected chi connectivity index (χ1v) is 32.3. The van der Waals surface area contributed by atoms with Crippen LogP contribution in [-0.4, -0.2) is 37.2 Å². The van der Waals surface area contributed by atoms with Gasteiger partial charge in [0.1, 0.15) is 13.2 Å². The maximum atomic E-state index is 12.8. The molecule has 6 nitrogen and oxygen atoms in total. The van der Waals surface area contributed by atoms with Crippen molar-refractivity contribution in [3.63, 3.8) is 0 Å². The number of rotatable bonds is 60. The zero-order valence-corrected chi connectivity index (χ0v) is 48.7. The zero-order valence-electron chi connectivity index (χ0n) is 48.7. The molecule has 0 heterocycles. The predicted octanol–water partition coefficient (Wildman–Crippen LogP) is 21.8. The lowest BCUT2D eigenvalue weighted by molar-refractivity contribution is -0.167. The van der Waals surface area contributed by atoms with Crippen molar-refractivity contribution in [2.75, 3.05) is 13.2 Å². The molecule has 6 heteroatoms. The Morgan fingerprint density at radius 2 is 0.458 bits per heavy atom. The summed E-state index contributed by atoms with van der Waals surface area (Å²) in [6.07, 6.45) is 73.5. The summed E-state index contributed by atoms with van der Waals surface area (Å²) in [5.41, 5.74) is 0. The number of esters is 3. The lowest BCUT2D eigenvalue weighted by Crippen LogP contribution is -2.30. The van der Waals surface area contributed by atoms with Crippen LogP contribution in [0.2, 0.25) is 0 Å². The highest BCUT2D eigenvalue weighted by atomic mass is 16.6. The molecule has 1 unspecified atom stereocenters. The minimum absolute atomic E-state index is 0.0727. The second-order valence-corrected chi connectivity index (χ2v) is 22.0. The van der Waals surface area contributed by atoms with Crippen LogP contribution in [0, 0.1) is 0 Å². The van der Waals surface area contributed by atoms with Gasteiger partial charge in [-0.05, 0) is 70.6 Å². The fourth-order valence-corrected chi connectivity index (χ4v) is 9.79. The van der Waals surface area contributed by atoms with Gasteiger partial charge in [-0.1, -0.05) is 295 Å². The second-order valence-electron chi connectivity index (χ2n) is 22.0. The van der Waals surface area contributed by atoms with Crippen LogP contribution in [0.15, 0.2) is 24.3 Å². The van der Waals surface area contributed by atoms with Gasteiger partial charge in [-0.2, -0.15) is 0 Å². The Bertz CT molecular complexity index is 1160. The maximum Gasteiger partial charge on any atom is 0.306 e. The summed E-state index contributed by atoms with van der Waals surface area (Å²) in [4.78, 5) is 38.2. The Morgan fingerprint density at radius 3 is 0.708 bits per heavy atom. The number of carbonyl (C=O) groups excluding carboxylic acids is 3. The molecule has 0 aromatic carbocycles. The van der Waals surface area contributed by atoms with Crippen LogP contribution >= 0.6 is 0 Å². The van der Waals surface area contributed by atoms with Crippen LogP contribution < -0.4 is 0 Å². The zero-order chi connectivity index (χ0) is 52.2. The van der Waals surface area contributed by atoms with E-state index in [2.05, 4.69) is 45.1 Å². The van der Waals surface area contributed by atoms with Gasteiger partial charge < -0.3 is 14.2 Å². The van der Waals surface area contributed by atoms with E-state index in [1.165, 1.54) is 250 Å². The van der Waals surface area contributed by atoms with E-state index < -0.39 is 6.10 Å². The third kappa shape index (κ3) is 58.8. The molecule has 0 saturated heterocycles. The molecule has 0 N–H and O–H groups in total. The number of hydrogen-bond acceptors (Lipinski definition) is 6. The van der Waals surface area contributed by atoms with E-state index in [-0.39, 0.29) is 31.1 Å². The Kier molecular flexibility index (Phi) is 59.6. The van der Waals surface area contributed by atoms with E-state index in [0.29, 0.717) is 19.3 Å². The van der Waals surface area contributed by atoms with Crippen molar-refractivity contribution >= 4 is 17.9 Å². The molecular weight excluding hydrogens is 889 g/mol. The molecule has 0 rings (SSSR count). The van der Waals surface area contributed by atoms with Gasteiger partial charge in [0.25, 0.3) is 0 Å². The van der Waals surface area contributed by atoms with E-state index in [1.807, 2.05) is 0 Å². The molecule has 1 atom stereocenters. The van der Waals surface area contributed by atoms with Gasteiger partial charge in [0, 0.05) is 19.3 Å². The van der Waals surface area contributed by atoms with Crippen molar-refractivity contribution in [2.45, 2.75) is 367 Å². The number of unbranched alkanes of at least 4 members (excludes halogenated alkanes) is 45. The van der Waals surface area contributed by atoms with Gasteiger partial charge in [0.05, 0.1) is 0 Å². The molecule has 424 valence electrons. The first kappa shape index (κ1) is 69.9. The van der Waals surface area contributed by atoms with E-state index in [4.69, 9.17) is 14.2 Å². The van der Waals surface area contributed by atoms with E-state index >= 15 is 0 Å². The fraction of sp³-hybridized carbons (Fsp3) is 0.894. The Balaban J connectivity index is 4.13. The van der Waals surface area contributed by atoms with Gasteiger partial charge in [0.2, 0.25) is 0 Å². The van der Waals surface area contributed by atoms with Crippen LogP contribution in [0.3, 0.4) is 0 Å². The van der Waals surface area contributed by atoms with E-state index in [0.717, 1.165) is 70.6 Å². The topological polar surface area (TPSA) is 78.9 Å². The molecule has 0 amide bonds. The van der Waals surface area contributed by atoms with Crippen LogP contribution in [0.5, 0.6) is 0 Å². The summed E-state index contributed by atoms with van der Waals surface area (Å²) in [7, 11) is 0. The minimum Gasteiger partial charge on any atom is -0.462 e. The van der Waals surface area contributed by atoms with Gasteiger partial charge in [-0.3, -0.25) is 14.4 Å². The van der Waals surface area contributed by atoms with Crippen molar-refractivity contribution in [2.24, 2.45) is 0 Å².